The van der Waals surface area contributed by atoms with E-state index in [1.165, 1.54) is 0 Å². The smallest absolute Gasteiger partial charge is 0.410 e. The van der Waals surface area contributed by atoms with Gasteiger partial charge in [-0.3, -0.25) is 4.79 Å². The molecule has 1 aromatic heterocycles. The second-order valence-corrected chi connectivity index (χ2v) is 11.7. The maximum atomic E-state index is 13.5. The van der Waals surface area contributed by atoms with E-state index in [1.54, 1.807) is 20.7 Å². The van der Waals surface area contributed by atoms with E-state index in [0.29, 0.717) is 38.3 Å². The maximum Gasteiger partial charge on any atom is 0.410 e. The lowest BCUT2D eigenvalue weighted by atomic mass is 9.97. The van der Waals surface area contributed by atoms with Crippen LogP contribution >= 0.6 is 0 Å². The standard InChI is InChI=1S/C26H46N6O5/c1-10-12-20(22(33)30-13-15-31(16-14-30)24(35)37-26(7,8)9)32-17-19(28-29-32)21(18(3)11-2)27-23(34)36-25(4,5)6/h17-18,20-21H,10-16H2,1-9H3,(H,27,34)/t18?,20-,21-/m0/s1. The van der Waals surface area contributed by atoms with E-state index >= 15 is 0 Å². The monoisotopic (exact) mass is 522 g/mol. The molecule has 2 heterocycles. The zero-order chi connectivity index (χ0) is 28.0. The summed E-state index contributed by atoms with van der Waals surface area (Å²) in [7, 11) is 0. The molecule has 1 saturated heterocycles. The first-order chi connectivity index (χ1) is 17.1. The molecule has 3 atom stereocenters. The number of nitrogens with one attached hydrogen (secondary N) is 1. The van der Waals surface area contributed by atoms with Gasteiger partial charge in [-0.25, -0.2) is 14.3 Å². The zero-order valence-corrected chi connectivity index (χ0v) is 24.0. The first-order valence-electron chi connectivity index (χ1n) is 13.3. The molecule has 1 N–H and O–H groups in total. The molecule has 1 aliphatic heterocycles. The van der Waals surface area contributed by atoms with Crippen molar-refractivity contribution in [1.29, 1.82) is 0 Å². The average Bonchev–Trinajstić information content (AvgIpc) is 3.27. The molecule has 37 heavy (non-hydrogen) atoms. The summed E-state index contributed by atoms with van der Waals surface area (Å²) in [5.74, 6) is 0.0289. The van der Waals surface area contributed by atoms with Crippen molar-refractivity contribution in [2.75, 3.05) is 26.2 Å². The van der Waals surface area contributed by atoms with Crippen LogP contribution in [0.4, 0.5) is 9.59 Å². The number of rotatable bonds is 8. The number of hydrogen-bond donors (Lipinski definition) is 1. The third-order valence-electron chi connectivity index (χ3n) is 6.14. The van der Waals surface area contributed by atoms with Gasteiger partial charge in [-0.1, -0.05) is 38.8 Å². The number of carbonyl (C=O) groups is 3. The van der Waals surface area contributed by atoms with Crippen molar-refractivity contribution in [3.05, 3.63) is 11.9 Å². The zero-order valence-electron chi connectivity index (χ0n) is 24.0. The summed E-state index contributed by atoms with van der Waals surface area (Å²) >= 11 is 0. The number of piperazine rings is 1. The van der Waals surface area contributed by atoms with Crippen LogP contribution in [-0.2, 0) is 14.3 Å². The Hall–Kier alpha value is -2.85. The van der Waals surface area contributed by atoms with Crippen LogP contribution in [0.5, 0.6) is 0 Å². The molecule has 1 unspecified atom stereocenters. The Balaban J connectivity index is 2.13. The van der Waals surface area contributed by atoms with Gasteiger partial charge in [-0.15, -0.1) is 5.10 Å². The first-order valence-corrected chi connectivity index (χ1v) is 13.3. The Bertz CT molecular complexity index is 911. The van der Waals surface area contributed by atoms with E-state index in [4.69, 9.17) is 9.47 Å². The summed E-state index contributed by atoms with van der Waals surface area (Å²) in [6.45, 7) is 18.7. The predicted octanol–water partition coefficient (Wildman–Crippen LogP) is 4.31. The highest BCUT2D eigenvalue weighted by Gasteiger charge is 2.33. The van der Waals surface area contributed by atoms with E-state index in [2.05, 4.69) is 15.6 Å². The summed E-state index contributed by atoms with van der Waals surface area (Å²) in [6.07, 6.45) is 3.07. The van der Waals surface area contributed by atoms with Crippen molar-refractivity contribution < 1.29 is 23.9 Å². The second-order valence-electron chi connectivity index (χ2n) is 11.7. The van der Waals surface area contributed by atoms with Crippen LogP contribution in [0.15, 0.2) is 6.20 Å². The van der Waals surface area contributed by atoms with E-state index in [0.717, 1.165) is 12.8 Å². The lowest BCUT2D eigenvalue weighted by Gasteiger charge is -2.37. The predicted molar refractivity (Wildman–Crippen MR) is 140 cm³/mol. The molecule has 210 valence electrons. The summed E-state index contributed by atoms with van der Waals surface area (Å²) in [5, 5.41) is 11.6. The van der Waals surface area contributed by atoms with E-state index in [1.807, 2.05) is 62.3 Å². The van der Waals surface area contributed by atoms with Crippen molar-refractivity contribution in [2.24, 2.45) is 5.92 Å². The Morgan fingerprint density at radius 3 is 2.05 bits per heavy atom. The molecule has 1 aliphatic rings. The van der Waals surface area contributed by atoms with E-state index in [9.17, 15) is 14.4 Å². The van der Waals surface area contributed by atoms with E-state index in [-0.39, 0.29) is 17.9 Å². The van der Waals surface area contributed by atoms with Crippen LogP contribution in [0.3, 0.4) is 0 Å². The van der Waals surface area contributed by atoms with Crippen LogP contribution in [0.2, 0.25) is 0 Å². The van der Waals surface area contributed by atoms with Crippen LogP contribution in [0.1, 0.15) is 99.4 Å². The maximum absolute atomic E-state index is 13.5. The quantitative estimate of drug-likeness (QED) is 0.540. The number of carbonyl (C=O) groups excluding carboxylic acids is 3. The number of nitrogens with zero attached hydrogens (tertiary/aromatic N) is 5. The number of aromatic nitrogens is 3. The molecule has 1 fully saturated rings. The van der Waals surface area contributed by atoms with Gasteiger partial charge >= 0.3 is 12.2 Å². The van der Waals surface area contributed by atoms with Gasteiger partial charge in [0.25, 0.3) is 0 Å². The third kappa shape index (κ3) is 9.19. The summed E-state index contributed by atoms with van der Waals surface area (Å²) in [5.41, 5.74) is -0.593. The summed E-state index contributed by atoms with van der Waals surface area (Å²) in [6, 6.07) is -0.915. The SMILES string of the molecule is CCC[C@@H](C(=O)N1CCN(C(=O)OC(C)(C)C)CC1)n1cc([C@@H](NC(=O)OC(C)(C)C)C(C)CC)nn1. The van der Waals surface area contributed by atoms with Gasteiger partial charge < -0.3 is 24.6 Å². The van der Waals surface area contributed by atoms with Gasteiger partial charge in [0.05, 0.1) is 12.2 Å². The molecular weight excluding hydrogens is 476 g/mol. The van der Waals surface area contributed by atoms with Crippen LogP contribution < -0.4 is 5.32 Å². The van der Waals surface area contributed by atoms with Crippen molar-refractivity contribution >= 4 is 18.1 Å². The first kappa shape index (κ1) is 30.4. The molecule has 11 heteroatoms. The summed E-state index contributed by atoms with van der Waals surface area (Å²) in [4.78, 5) is 41.8. The highest BCUT2D eigenvalue weighted by Crippen LogP contribution is 2.26. The molecule has 2 rings (SSSR count). The van der Waals surface area contributed by atoms with Gasteiger partial charge in [-0.05, 0) is 53.9 Å². The van der Waals surface area contributed by atoms with Gasteiger partial charge in [0.2, 0.25) is 5.91 Å². The minimum Gasteiger partial charge on any atom is -0.444 e. The second kappa shape index (κ2) is 12.6. The van der Waals surface area contributed by atoms with Crippen LogP contribution in [0.25, 0.3) is 0 Å². The van der Waals surface area contributed by atoms with Crippen LogP contribution in [-0.4, -0.2) is 80.3 Å². The number of alkyl carbamates (subject to hydrolysis) is 1. The molecule has 11 nitrogen and oxygen atoms in total. The topological polar surface area (TPSA) is 119 Å². The minimum atomic E-state index is -0.617. The number of amides is 3. The highest BCUT2D eigenvalue weighted by molar-refractivity contribution is 5.80. The number of hydrogen-bond acceptors (Lipinski definition) is 7. The van der Waals surface area contributed by atoms with Gasteiger partial charge in [0, 0.05) is 26.2 Å². The molecule has 1 aromatic rings. The minimum absolute atomic E-state index is 0.0534. The highest BCUT2D eigenvalue weighted by atomic mass is 16.6. The Kier molecular flexibility index (Phi) is 10.3. The van der Waals surface area contributed by atoms with Crippen LogP contribution in [0, 0.1) is 5.92 Å². The number of ether oxygens (including phenoxy) is 2. The molecule has 0 aromatic carbocycles. The molecule has 0 radical (unpaired) electrons. The largest absolute Gasteiger partial charge is 0.444 e. The Morgan fingerprint density at radius 1 is 0.973 bits per heavy atom. The van der Waals surface area contributed by atoms with Crippen molar-refractivity contribution in [2.45, 2.75) is 105 Å². The van der Waals surface area contributed by atoms with Crippen molar-refractivity contribution in [3.63, 3.8) is 0 Å². The Labute approximate surface area is 221 Å². The lowest BCUT2D eigenvalue weighted by Crippen LogP contribution is -2.53. The summed E-state index contributed by atoms with van der Waals surface area (Å²) < 4.78 is 12.5. The molecular formula is C26H46N6O5. The fraction of sp³-hybridized carbons (Fsp3) is 0.808. The fourth-order valence-electron chi connectivity index (χ4n) is 4.05. The normalized spacial score (nSPS) is 17.1. The molecule has 0 aliphatic carbocycles. The fourth-order valence-corrected chi connectivity index (χ4v) is 4.05. The molecule has 0 saturated carbocycles. The molecule has 3 amide bonds. The lowest BCUT2D eigenvalue weighted by molar-refractivity contribution is -0.137. The average molecular weight is 523 g/mol. The third-order valence-corrected chi connectivity index (χ3v) is 6.14. The Morgan fingerprint density at radius 2 is 1.54 bits per heavy atom. The van der Waals surface area contributed by atoms with Gasteiger partial charge in [-0.2, -0.15) is 0 Å². The van der Waals surface area contributed by atoms with Crippen molar-refractivity contribution in [1.82, 2.24) is 30.1 Å². The van der Waals surface area contributed by atoms with E-state index < -0.39 is 29.4 Å². The van der Waals surface area contributed by atoms with Gasteiger partial charge in [0.15, 0.2) is 0 Å². The van der Waals surface area contributed by atoms with Crippen molar-refractivity contribution in [3.8, 4) is 0 Å². The van der Waals surface area contributed by atoms with Gasteiger partial charge in [0.1, 0.15) is 22.9 Å². The molecule has 0 spiro atoms. The molecule has 0 bridgehead atoms.